The monoisotopic (exact) mass is 181 g/mol. The van der Waals surface area contributed by atoms with Gasteiger partial charge in [-0.25, -0.2) is 0 Å². The Balaban J connectivity index is 2.01. The van der Waals surface area contributed by atoms with Gasteiger partial charge in [-0.05, 0) is 44.1 Å². The lowest BCUT2D eigenvalue weighted by Crippen LogP contribution is -2.43. The minimum atomic E-state index is 0.835. The predicted octanol–water partition coefficient (Wildman–Crippen LogP) is 2.81. The van der Waals surface area contributed by atoms with Crippen LogP contribution in [0.3, 0.4) is 0 Å². The molecule has 2 aliphatic rings. The van der Waals surface area contributed by atoms with E-state index in [0.717, 1.165) is 23.8 Å². The summed E-state index contributed by atoms with van der Waals surface area (Å²) in [4.78, 5) is 0. The Morgan fingerprint density at radius 2 is 1.92 bits per heavy atom. The Bertz CT molecular complexity index is 161. The molecule has 1 nitrogen and oxygen atoms in total. The number of hydrogen-bond donors (Lipinski definition) is 1. The SMILES string of the molecule is CNC1CCCC2CCC(C)CC21. The van der Waals surface area contributed by atoms with Crippen LogP contribution < -0.4 is 5.32 Å². The first kappa shape index (κ1) is 9.51. The summed E-state index contributed by atoms with van der Waals surface area (Å²) >= 11 is 0. The van der Waals surface area contributed by atoms with E-state index in [4.69, 9.17) is 0 Å². The third-order valence-corrected chi connectivity index (χ3v) is 4.29. The van der Waals surface area contributed by atoms with Crippen LogP contribution >= 0.6 is 0 Å². The fraction of sp³-hybridized carbons (Fsp3) is 1.00. The summed E-state index contributed by atoms with van der Waals surface area (Å²) in [5.74, 6) is 3.04. The molecule has 0 aromatic rings. The second-order valence-electron chi connectivity index (χ2n) is 5.17. The smallest absolute Gasteiger partial charge is 0.00950 e. The molecule has 0 radical (unpaired) electrons. The molecule has 0 spiro atoms. The van der Waals surface area contributed by atoms with E-state index in [9.17, 15) is 0 Å². The van der Waals surface area contributed by atoms with E-state index in [-0.39, 0.29) is 0 Å². The van der Waals surface area contributed by atoms with E-state index >= 15 is 0 Å². The lowest BCUT2D eigenvalue weighted by molar-refractivity contribution is 0.103. The topological polar surface area (TPSA) is 12.0 Å². The minimum Gasteiger partial charge on any atom is -0.317 e. The van der Waals surface area contributed by atoms with E-state index < -0.39 is 0 Å². The first-order valence-electron chi connectivity index (χ1n) is 5.98. The number of rotatable bonds is 1. The van der Waals surface area contributed by atoms with Crippen LogP contribution in [0, 0.1) is 17.8 Å². The molecule has 0 saturated heterocycles. The van der Waals surface area contributed by atoms with Crippen LogP contribution in [0.15, 0.2) is 0 Å². The molecule has 4 atom stereocenters. The summed E-state index contributed by atoms with van der Waals surface area (Å²) in [6, 6.07) is 0.835. The molecule has 13 heavy (non-hydrogen) atoms. The van der Waals surface area contributed by atoms with Crippen LogP contribution in [0.4, 0.5) is 0 Å². The van der Waals surface area contributed by atoms with Crippen molar-refractivity contribution in [3.63, 3.8) is 0 Å². The number of hydrogen-bond acceptors (Lipinski definition) is 1. The van der Waals surface area contributed by atoms with Gasteiger partial charge in [-0.15, -0.1) is 0 Å². The van der Waals surface area contributed by atoms with E-state index in [1.165, 1.54) is 38.5 Å². The molecule has 0 heterocycles. The van der Waals surface area contributed by atoms with Crippen molar-refractivity contribution in [3.05, 3.63) is 0 Å². The maximum absolute atomic E-state index is 3.52. The molecule has 4 unspecified atom stereocenters. The van der Waals surface area contributed by atoms with Crippen molar-refractivity contribution >= 4 is 0 Å². The lowest BCUT2D eigenvalue weighted by atomic mass is 9.66. The first-order valence-corrected chi connectivity index (χ1v) is 5.98. The summed E-state index contributed by atoms with van der Waals surface area (Å²) in [5, 5.41) is 3.52. The van der Waals surface area contributed by atoms with Gasteiger partial charge in [0.15, 0.2) is 0 Å². The molecular formula is C12H23N. The molecule has 2 saturated carbocycles. The fourth-order valence-corrected chi connectivity index (χ4v) is 3.51. The minimum absolute atomic E-state index is 0.835. The zero-order chi connectivity index (χ0) is 9.26. The highest BCUT2D eigenvalue weighted by Crippen LogP contribution is 2.42. The zero-order valence-electron chi connectivity index (χ0n) is 9.05. The maximum atomic E-state index is 3.52. The maximum Gasteiger partial charge on any atom is 0.00950 e. The number of fused-ring (bicyclic) bond motifs is 1. The summed E-state index contributed by atoms with van der Waals surface area (Å²) in [7, 11) is 2.15. The van der Waals surface area contributed by atoms with Crippen molar-refractivity contribution in [2.75, 3.05) is 7.05 Å². The van der Waals surface area contributed by atoms with Crippen molar-refractivity contribution in [1.29, 1.82) is 0 Å². The molecule has 2 fully saturated rings. The van der Waals surface area contributed by atoms with Crippen LogP contribution in [0.25, 0.3) is 0 Å². The predicted molar refractivity (Wildman–Crippen MR) is 56.7 cm³/mol. The zero-order valence-corrected chi connectivity index (χ0v) is 9.05. The first-order chi connectivity index (χ1) is 6.31. The Labute approximate surface area is 82.3 Å². The standard InChI is InChI=1S/C12H23N/c1-9-6-7-10-4-3-5-12(13-2)11(10)8-9/h9-13H,3-8H2,1-2H3. The van der Waals surface area contributed by atoms with Crippen molar-refractivity contribution in [3.8, 4) is 0 Å². The van der Waals surface area contributed by atoms with Crippen LogP contribution in [0.2, 0.25) is 0 Å². The van der Waals surface area contributed by atoms with E-state index in [1.54, 1.807) is 0 Å². The Morgan fingerprint density at radius 1 is 1.08 bits per heavy atom. The quantitative estimate of drug-likeness (QED) is 0.656. The molecule has 0 amide bonds. The van der Waals surface area contributed by atoms with Gasteiger partial charge in [0.25, 0.3) is 0 Å². The molecule has 1 heteroatoms. The molecule has 0 aromatic heterocycles. The molecule has 76 valence electrons. The summed E-state index contributed by atoms with van der Waals surface area (Å²) < 4.78 is 0. The normalized spacial score (nSPS) is 45.7. The Morgan fingerprint density at radius 3 is 2.69 bits per heavy atom. The van der Waals surface area contributed by atoms with Gasteiger partial charge < -0.3 is 5.32 Å². The van der Waals surface area contributed by atoms with Crippen LogP contribution in [-0.2, 0) is 0 Å². The molecule has 2 aliphatic carbocycles. The average Bonchev–Trinajstić information content (AvgIpc) is 2.17. The van der Waals surface area contributed by atoms with E-state index in [1.807, 2.05) is 0 Å². The third-order valence-electron chi connectivity index (χ3n) is 4.29. The second-order valence-corrected chi connectivity index (χ2v) is 5.17. The van der Waals surface area contributed by atoms with Crippen LogP contribution in [0.1, 0.15) is 45.4 Å². The van der Waals surface area contributed by atoms with Gasteiger partial charge in [0.05, 0.1) is 0 Å². The number of nitrogens with one attached hydrogen (secondary N) is 1. The molecule has 0 aliphatic heterocycles. The highest BCUT2D eigenvalue weighted by molar-refractivity contribution is 4.89. The average molecular weight is 181 g/mol. The Hall–Kier alpha value is -0.0400. The van der Waals surface area contributed by atoms with Gasteiger partial charge in [-0.1, -0.05) is 26.2 Å². The van der Waals surface area contributed by atoms with Gasteiger partial charge in [-0.2, -0.15) is 0 Å². The Kier molecular flexibility index (Phi) is 2.92. The summed E-state index contributed by atoms with van der Waals surface area (Å²) in [6.45, 7) is 2.43. The van der Waals surface area contributed by atoms with Crippen LogP contribution in [-0.4, -0.2) is 13.1 Å². The highest BCUT2D eigenvalue weighted by Gasteiger charge is 2.35. The highest BCUT2D eigenvalue weighted by atomic mass is 14.9. The van der Waals surface area contributed by atoms with Gasteiger partial charge in [0.1, 0.15) is 0 Å². The molecule has 0 bridgehead atoms. The summed E-state index contributed by atoms with van der Waals surface area (Å²) in [6.07, 6.45) is 8.86. The van der Waals surface area contributed by atoms with Crippen molar-refractivity contribution in [2.24, 2.45) is 17.8 Å². The van der Waals surface area contributed by atoms with Crippen molar-refractivity contribution < 1.29 is 0 Å². The largest absolute Gasteiger partial charge is 0.317 e. The van der Waals surface area contributed by atoms with Crippen molar-refractivity contribution in [2.45, 2.75) is 51.5 Å². The van der Waals surface area contributed by atoms with Gasteiger partial charge in [0, 0.05) is 6.04 Å². The third kappa shape index (κ3) is 1.90. The molecule has 2 rings (SSSR count). The van der Waals surface area contributed by atoms with Crippen molar-refractivity contribution in [1.82, 2.24) is 5.32 Å². The van der Waals surface area contributed by atoms with Gasteiger partial charge >= 0.3 is 0 Å². The molecule has 0 aromatic carbocycles. The van der Waals surface area contributed by atoms with E-state index in [2.05, 4.69) is 19.3 Å². The van der Waals surface area contributed by atoms with E-state index in [0.29, 0.717) is 0 Å². The molecular weight excluding hydrogens is 158 g/mol. The summed E-state index contributed by atoms with van der Waals surface area (Å²) in [5.41, 5.74) is 0. The van der Waals surface area contributed by atoms with Crippen LogP contribution in [0.5, 0.6) is 0 Å². The lowest BCUT2D eigenvalue weighted by Gasteiger charge is -2.43. The van der Waals surface area contributed by atoms with Gasteiger partial charge in [-0.3, -0.25) is 0 Å². The second kappa shape index (κ2) is 4.00. The molecule has 1 N–H and O–H groups in total. The fourth-order valence-electron chi connectivity index (χ4n) is 3.51. The van der Waals surface area contributed by atoms with Gasteiger partial charge in [0.2, 0.25) is 0 Å².